The number of carbonyl (C=O) groups is 2. The van der Waals surface area contributed by atoms with E-state index in [0.717, 1.165) is 36.3 Å². The van der Waals surface area contributed by atoms with Gasteiger partial charge in [-0.3, -0.25) is 20.4 Å². The third-order valence-electron chi connectivity index (χ3n) is 4.10. The number of benzene rings is 2. The molecule has 0 unspecified atom stereocenters. The lowest BCUT2D eigenvalue weighted by molar-refractivity contribution is -0.119. The molecule has 5 heteroatoms. The normalized spacial score (nSPS) is 14.4. The average molecular weight is 323 g/mol. The molecule has 0 spiro atoms. The SMILES string of the molecule is Cc1cccc(NNC(=O)c2ccc(N3CCCCC3=O)cc2)c1. The Kier molecular flexibility index (Phi) is 4.79. The summed E-state index contributed by atoms with van der Waals surface area (Å²) in [5.74, 6) is -0.0624. The molecule has 5 nitrogen and oxygen atoms in total. The number of piperidine rings is 1. The van der Waals surface area contributed by atoms with Gasteiger partial charge in [-0.25, -0.2) is 0 Å². The van der Waals surface area contributed by atoms with E-state index in [4.69, 9.17) is 0 Å². The molecule has 1 fully saturated rings. The quantitative estimate of drug-likeness (QED) is 0.849. The molecule has 0 aromatic heterocycles. The Morgan fingerprint density at radius 3 is 2.58 bits per heavy atom. The van der Waals surface area contributed by atoms with Crippen LogP contribution in [-0.2, 0) is 4.79 Å². The lowest BCUT2D eigenvalue weighted by Crippen LogP contribution is -2.35. The monoisotopic (exact) mass is 323 g/mol. The number of nitrogens with zero attached hydrogens (tertiary/aromatic N) is 1. The molecular formula is C19H21N3O2. The van der Waals surface area contributed by atoms with Crippen LogP contribution >= 0.6 is 0 Å². The highest BCUT2D eigenvalue weighted by molar-refractivity contribution is 5.97. The van der Waals surface area contributed by atoms with E-state index in [-0.39, 0.29) is 11.8 Å². The molecule has 0 saturated carbocycles. The van der Waals surface area contributed by atoms with Gasteiger partial charge in [-0.2, -0.15) is 0 Å². The first kappa shape index (κ1) is 16.1. The summed E-state index contributed by atoms with van der Waals surface area (Å²) in [4.78, 5) is 25.9. The molecular weight excluding hydrogens is 302 g/mol. The minimum Gasteiger partial charge on any atom is -0.312 e. The van der Waals surface area contributed by atoms with E-state index in [2.05, 4.69) is 10.9 Å². The van der Waals surface area contributed by atoms with Crippen LogP contribution in [0.4, 0.5) is 11.4 Å². The molecule has 2 aromatic rings. The fourth-order valence-corrected chi connectivity index (χ4v) is 2.80. The van der Waals surface area contributed by atoms with Crippen LogP contribution in [-0.4, -0.2) is 18.4 Å². The standard InChI is InChI=1S/C19H21N3O2/c1-14-5-4-6-16(13-14)20-21-19(24)15-8-10-17(11-9-15)22-12-3-2-7-18(22)23/h4-6,8-11,13,20H,2-3,7,12H2,1H3,(H,21,24). The van der Waals surface area contributed by atoms with Crippen LogP contribution in [0.15, 0.2) is 48.5 Å². The summed E-state index contributed by atoms with van der Waals surface area (Å²) in [6.45, 7) is 2.74. The zero-order valence-electron chi connectivity index (χ0n) is 13.7. The molecule has 1 aliphatic rings. The number of hydrogen-bond donors (Lipinski definition) is 2. The van der Waals surface area contributed by atoms with Crippen LogP contribution in [0.25, 0.3) is 0 Å². The van der Waals surface area contributed by atoms with Crippen molar-refractivity contribution in [2.45, 2.75) is 26.2 Å². The smallest absolute Gasteiger partial charge is 0.269 e. The summed E-state index contributed by atoms with van der Waals surface area (Å²) in [7, 11) is 0. The number of carbonyl (C=O) groups excluding carboxylic acids is 2. The number of rotatable bonds is 4. The Bertz CT molecular complexity index is 741. The van der Waals surface area contributed by atoms with Gasteiger partial charge in [-0.05, 0) is 61.7 Å². The number of hydrazine groups is 1. The maximum Gasteiger partial charge on any atom is 0.269 e. The van der Waals surface area contributed by atoms with Crippen molar-refractivity contribution in [2.75, 3.05) is 16.9 Å². The summed E-state index contributed by atoms with van der Waals surface area (Å²) in [6.07, 6.45) is 2.58. The molecule has 0 bridgehead atoms. The Hall–Kier alpha value is -2.82. The zero-order valence-corrected chi connectivity index (χ0v) is 13.7. The van der Waals surface area contributed by atoms with Gasteiger partial charge in [0.15, 0.2) is 0 Å². The second-order valence-electron chi connectivity index (χ2n) is 6.00. The summed E-state index contributed by atoms with van der Waals surface area (Å²) < 4.78 is 0. The molecule has 124 valence electrons. The van der Waals surface area contributed by atoms with E-state index >= 15 is 0 Å². The molecule has 0 aliphatic carbocycles. The predicted octanol–water partition coefficient (Wildman–Crippen LogP) is 3.27. The van der Waals surface area contributed by atoms with Gasteiger partial charge in [-0.15, -0.1) is 0 Å². The van der Waals surface area contributed by atoms with Crippen LogP contribution in [0.5, 0.6) is 0 Å². The number of amides is 2. The fraction of sp³-hybridized carbons (Fsp3) is 0.263. The van der Waals surface area contributed by atoms with Crippen molar-refractivity contribution in [3.8, 4) is 0 Å². The summed E-state index contributed by atoms with van der Waals surface area (Å²) in [5.41, 5.74) is 8.93. The lowest BCUT2D eigenvalue weighted by Gasteiger charge is -2.26. The van der Waals surface area contributed by atoms with Crippen molar-refractivity contribution < 1.29 is 9.59 Å². The van der Waals surface area contributed by atoms with Gasteiger partial charge in [0.2, 0.25) is 5.91 Å². The summed E-state index contributed by atoms with van der Waals surface area (Å²) in [6, 6.07) is 14.9. The van der Waals surface area contributed by atoms with Gasteiger partial charge in [0.1, 0.15) is 0 Å². The van der Waals surface area contributed by atoms with Gasteiger partial charge >= 0.3 is 0 Å². The van der Waals surface area contributed by atoms with Crippen molar-refractivity contribution in [1.82, 2.24) is 5.43 Å². The highest BCUT2D eigenvalue weighted by atomic mass is 16.2. The molecule has 2 aromatic carbocycles. The Morgan fingerprint density at radius 1 is 1.08 bits per heavy atom. The number of aryl methyl sites for hydroxylation is 1. The molecule has 0 radical (unpaired) electrons. The van der Waals surface area contributed by atoms with Gasteiger partial charge in [0, 0.05) is 24.2 Å². The van der Waals surface area contributed by atoms with Gasteiger partial charge in [-0.1, -0.05) is 12.1 Å². The van der Waals surface area contributed by atoms with E-state index < -0.39 is 0 Å². The number of nitrogens with one attached hydrogen (secondary N) is 2. The third kappa shape index (κ3) is 3.74. The first-order valence-corrected chi connectivity index (χ1v) is 8.17. The first-order valence-electron chi connectivity index (χ1n) is 8.17. The highest BCUT2D eigenvalue weighted by Gasteiger charge is 2.19. The molecule has 24 heavy (non-hydrogen) atoms. The second kappa shape index (κ2) is 7.17. The average Bonchev–Trinajstić information content (AvgIpc) is 2.60. The van der Waals surface area contributed by atoms with E-state index in [0.29, 0.717) is 12.0 Å². The fourth-order valence-electron chi connectivity index (χ4n) is 2.80. The van der Waals surface area contributed by atoms with Crippen molar-refractivity contribution in [3.05, 3.63) is 59.7 Å². The highest BCUT2D eigenvalue weighted by Crippen LogP contribution is 2.21. The van der Waals surface area contributed by atoms with Crippen LogP contribution in [0.2, 0.25) is 0 Å². The molecule has 0 atom stereocenters. The van der Waals surface area contributed by atoms with Crippen molar-refractivity contribution in [2.24, 2.45) is 0 Å². The molecule has 1 heterocycles. The topological polar surface area (TPSA) is 61.4 Å². The van der Waals surface area contributed by atoms with Crippen LogP contribution in [0, 0.1) is 6.92 Å². The Labute approximate surface area is 141 Å². The van der Waals surface area contributed by atoms with Gasteiger partial charge in [0.05, 0.1) is 5.69 Å². The molecule has 1 saturated heterocycles. The van der Waals surface area contributed by atoms with Crippen LogP contribution in [0.3, 0.4) is 0 Å². The zero-order chi connectivity index (χ0) is 16.9. The van der Waals surface area contributed by atoms with Crippen molar-refractivity contribution >= 4 is 23.2 Å². The minimum atomic E-state index is -0.215. The van der Waals surface area contributed by atoms with E-state index in [9.17, 15) is 9.59 Å². The minimum absolute atomic E-state index is 0.152. The Morgan fingerprint density at radius 2 is 1.88 bits per heavy atom. The number of anilines is 2. The maximum atomic E-state index is 12.2. The largest absolute Gasteiger partial charge is 0.312 e. The second-order valence-corrected chi connectivity index (χ2v) is 6.00. The van der Waals surface area contributed by atoms with Crippen molar-refractivity contribution in [1.29, 1.82) is 0 Å². The maximum absolute atomic E-state index is 12.2. The van der Waals surface area contributed by atoms with Gasteiger partial charge in [0.25, 0.3) is 5.91 Å². The summed E-state index contributed by atoms with van der Waals surface area (Å²) >= 11 is 0. The Balaban J connectivity index is 1.62. The molecule has 3 rings (SSSR count). The number of hydrogen-bond acceptors (Lipinski definition) is 3. The lowest BCUT2D eigenvalue weighted by atomic mass is 10.1. The van der Waals surface area contributed by atoms with E-state index in [1.807, 2.05) is 43.3 Å². The molecule has 2 N–H and O–H groups in total. The van der Waals surface area contributed by atoms with E-state index in [1.165, 1.54) is 0 Å². The van der Waals surface area contributed by atoms with E-state index in [1.54, 1.807) is 17.0 Å². The predicted molar refractivity (Wildman–Crippen MR) is 94.9 cm³/mol. The van der Waals surface area contributed by atoms with Gasteiger partial charge < -0.3 is 4.90 Å². The summed E-state index contributed by atoms with van der Waals surface area (Å²) in [5, 5.41) is 0. The molecule has 1 aliphatic heterocycles. The van der Waals surface area contributed by atoms with Crippen molar-refractivity contribution in [3.63, 3.8) is 0 Å². The van der Waals surface area contributed by atoms with Crippen LogP contribution in [0.1, 0.15) is 35.2 Å². The third-order valence-corrected chi connectivity index (χ3v) is 4.10. The first-order chi connectivity index (χ1) is 11.6. The molecule has 2 amide bonds. The van der Waals surface area contributed by atoms with Crippen LogP contribution < -0.4 is 15.8 Å².